The number of aromatic hydroxyl groups is 1. The monoisotopic (exact) mass is 415 g/mol. The van der Waals surface area contributed by atoms with Crippen LogP contribution >= 0.6 is 0 Å². The van der Waals surface area contributed by atoms with Gasteiger partial charge >= 0.3 is 5.97 Å². The first-order valence-corrected chi connectivity index (χ1v) is 9.70. The molecule has 2 aromatic carbocycles. The van der Waals surface area contributed by atoms with Gasteiger partial charge in [0.25, 0.3) is 5.91 Å². The van der Waals surface area contributed by atoms with Crippen LogP contribution in [0.3, 0.4) is 0 Å². The number of halogens is 2. The highest BCUT2D eigenvalue weighted by atomic mass is 19.1. The van der Waals surface area contributed by atoms with Crippen LogP contribution in [0.5, 0.6) is 5.75 Å². The minimum Gasteiger partial charge on any atom is -0.505 e. The van der Waals surface area contributed by atoms with Gasteiger partial charge in [-0.15, -0.1) is 0 Å². The molecule has 0 aliphatic heterocycles. The first-order valence-electron chi connectivity index (χ1n) is 9.70. The van der Waals surface area contributed by atoms with Gasteiger partial charge < -0.3 is 9.84 Å². The zero-order chi connectivity index (χ0) is 22.2. The van der Waals surface area contributed by atoms with E-state index in [2.05, 4.69) is 0 Å². The van der Waals surface area contributed by atoms with E-state index in [1.807, 2.05) is 6.92 Å². The fourth-order valence-corrected chi connectivity index (χ4v) is 3.52. The second-order valence-electron chi connectivity index (χ2n) is 7.32. The van der Waals surface area contributed by atoms with Crippen LogP contribution in [0.1, 0.15) is 54.7 Å². The van der Waals surface area contributed by atoms with Gasteiger partial charge in [0.05, 0.1) is 17.5 Å². The second kappa shape index (κ2) is 8.26. The van der Waals surface area contributed by atoms with Gasteiger partial charge in [-0.1, -0.05) is 13.0 Å². The van der Waals surface area contributed by atoms with E-state index in [-0.39, 0.29) is 28.1 Å². The highest BCUT2D eigenvalue weighted by Gasteiger charge is 2.30. The number of hydrogen-bond donors (Lipinski definition) is 1. The van der Waals surface area contributed by atoms with Gasteiger partial charge in [-0.2, -0.15) is 0 Å². The number of benzene rings is 2. The molecule has 2 unspecified atom stereocenters. The van der Waals surface area contributed by atoms with Crippen molar-refractivity contribution in [3.8, 4) is 5.75 Å². The third kappa shape index (κ3) is 3.67. The maximum atomic E-state index is 14.9. The van der Waals surface area contributed by atoms with Crippen LogP contribution in [-0.4, -0.2) is 27.7 Å². The molecule has 3 rings (SSSR count). The van der Waals surface area contributed by atoms with Crippen molar-refractivity contribution in [1.82, 2.24) is 4.57 Å². The van der Waals surface area contributed by atoms with E-state index in [1.165, 1.54) is 28.8 Å². The van der Waals surface area contributed by atoms with Gasteiger partial charge in [-0.3, -0.25) is 14.2 Å². The summed E-state index contributed by atoms with van der Waals surface area (Å²) < 4.78 is 35.2. The molecule has 158 valence electrons. The molecule has 0 bridgehead atoms. The number of aromatic nitrogens is 1. The second-order valence-corrected chi connectivity index (χ2v) is 7.32. The number of rotatable bonds is 5. The molecule has 0 amide bonds. The normalized spacial score (nSPS) is 13.3. The number of fused-ring (bicyclic) bond motifs is 1. The van der Waals surface area contributed by atoms with Crippen LogP contribution in [0, 0.1) is 18.6 Å². The summed E-state index contributed by atoms with van der Waals surface area (Å²) in [6, 6.07) is 7.70. The molecule has 3 aromatic rings. The average molecular weight is 415 g/mol. The molecule has 0 fully saturated rings. The Morgan fingerprint density at radius 1 is 1.17 bits per heavy atom. The van der Waals surface area contributed by atoms with Crippen molar-refractivity contribution >= 4 is 22.8 Å². The average Bonchev–Trinajstić information content (AvgIpc) is 3.01. The smallest absolute Gasteiger partial charge is 0.313 e. The van der Waals surface area contributed by atoms with E-state index in [9.17, 15) is 23.5 Å². The summed E-state index contributed by atoms with van der Waals surface area (Å²) in [5.74, 6) is -4.13. The minimum absolute atomic E-state index is 0.0362. The number of nitrogens with zero attached hydrogens (tertiary/aromatic N) is 1. The third-order valence-electron chi connectivity index (χ3n) is 5.29. The lowest BCUT2D eigenvalue weighted by Gasteiger charge is -2.16. The highest BCUT2D eigenvalue weighted by molar-refractivity contribution is 6.05. The predicted molar refractivity (Wildman–Crippen MR) is 109 cm³/mol. The zero-order valence-electron chi connectivity index (χ0n) is 17.2. The molecule has 0 radical (unpaired) electrons. The zero-order valence-corrected chi connectivity index (χ0v) is 17.2. The summed E-state index contributed by atoms with van der Waals surface area (Å²) >= 11 is 0. The Balaban J connectivity index is 2.23. The van der Waals surface area contributed by atoms with Crippen LogP contribution in [0.4, 0.5) is 8.78 Å². The lowest BCUT2D eigenvalue weighted by molar-refractivity contribution is -0.149. The number of phenolic OH excluding ortho intramolecular Hbond substituents is 1. The van der Waals surface area contributed by atoms with E-state index >= 15 is 0 Å². The van der Waals surface area contributed by atoms with Crippen molar-refractivity contribution < 1.29 is 28.2 Å². The molecule has 0 spiro atoms. The Kier molecular flexibility index (Phi) is 5.92. The Morgan fingerprint density at radius 3 is 2.50 bits per heavy atom. The summed E-state index contributed by atoms with van der Waals surface area (Å²) in [7, 11) is 0. The van der Waals surface area contributed by atoms with Gasteiger partial charge in [0.15, 0.2) is 11.6 Å². The maximum absolute atomic E-state index is 14.9. The lowest BCUT2D eigenvalue weighted by atomic mass is 9.97. The van der Waals surface area contributed by atoms with E-state index in [1.54, 1.807) is 20.8 Å². The first-order chi connectivity index (χ1) is 14.2. The van der Waals surface area contributed by atoms with Crippen molar-refractivity contribution in [2.75, 3.05) is 0 Å². The van der Waals surface area contributed by atoms with Crippen molar-refractivity contribution in [1.29, 1.82) is 0 Å². The minimum atomic E-state index is -0.931. The molecule has 0 aliphatic rings. The first kappa shape index (κ1) is 21.5. The molecule has 2 atom stereocenters. The Bertz CT molecular complexity index is 1140. The molecule has 0 saturated heterocycles. The quantitative estimate of drug-likeness (QED) is 0.591. The Morgan fingerprint density at radius 2 is 1.87 bits per heavy atom. The number of hydrogen-bond acceptors (Lipinski definition) is 4. The van der Waals surface area contributed by atoms with Gasteiger partial charge in [-0.25, -0.2) is 8.78 Å². The Labute approximate surface area is 172 Å². The Hall–Kier alpha value is -3.22. The molecule has 30 heavy (non-hydrogen) atoms. The molecule has 0 saturated carbocycles. The van der Waals surface area contributed by atoms with E-state index in [4.69, 9.17) is 4.74 Å². The fourth-order valence-electron chi connectivity index (χ4n) is 3.52. The lowest BCUT2D eigenvalue weighted by Crippen LogP contribution is -2.20. The molecule has 7 heteroatoms. The fraction of sp³-hybridized carbons (Fsp3) is 0.304. The van der Waals surface area contributed by atoms with Crippen LogP contribution < -0.4 is 0 Å². The third-order valence-corrected chi connectivity index (χ3v) is 5.29. The summed E-state index contributed by atoms with van der Waals surface area (Å²) in [6.45, 7) is 6.76. The van der Waals surface area contributed by atoms with Gasteiger partial charge in [-0.05, 0) is 63.1 Å². The molecule has 1 heterocycles. The highest BCUT2D eigenvalue weighted by Crippen LogP contribution is 2.37. The topological polar surface area (TPSA) is 68.5 Å². The van der Waals surface area contributed by atoms with Crippen LogP contribution in [0.25, 0.3) is 10.9 Å². The molecule has 1 N–H and O–H groups in total. The predicted octanol–water partition coefficient (Wildman–Crippen LogP) is 5.07. The van der Waals surface area contributed by atoms with Crippen molar-refractivity contribution in [2.24, 2.45) is 0 Å². The number of carbonyl (C=O) groups is 2. The van der Waals surface area contributed by atoms with E-state index < -0.39 is 35.2 Å². The van der Waals surface area contributed by atoms with E-state index in [0.29, 0.717) is 12.1 Å². The summed E-state index contributed by atoms with van der Waals surface area (Å²) in [6.07, 6.45) is 0.299. The van der Waals surface area contributed by atoms with Gasteiger partial charge in [0, 0.05) is 16.6 Å². The van der Waals surface area contributed by atoms with E-state index in [0.717, 1.165) is 12.1 Å². The van der Waals surface area contributed by atoms with Gasteiger partial charge in [0.1, 0.15) is 5.82 Å². The number of esters is 1. The largest absolute Gasteiger partial charge is 0.505 e. The van der Waals surface area contributed by atoms with Crippen molar-refractivity contribution in [3.05, 3.63) is 64.9 Å². The molecular weight excluding hydrogens is 392 g/mol. The number of carbonyl (C=O) groups excluding carboxylic acids is 2. The van der Waals surface area contributed by atoms with Crippen LogP contribution in [0.15, 0.2) is 36.4 Å². The number of phenols is 1. The summed E-state index contributed by atoms with van der Waals surface area (Å²) in [5, 5.41) is 9.87. The standard InChI is InChI=1S/C23H23F2NO4/c1-5-12(2)30-23(29)13(3)19-14(4)26(17-9-10-18(27)21(25)20(17)19)22(28)15-7-6-8-16(24)11-15/h6-13,27H,5H2,1-4H3. The maximum Gasteiger partial charge on any atom is 0.313 e. The molecular formula is C23H23F2NO4. The van der Waals surface area contributed by atoms with Crippen LogP contribution in [-0.2, 0) is 9.53 Å². The van der Waals surface area contributed by atoms with Crippen molar-refractivity contribution in [3.63, 3.8) is 0 Å². The van der Waals surface area contributed by atoms with Crippen molar-refractivity contribution in [2.45, 2.75) is 46.1 Å². The van der Waals surface area contributed by atoms with Gasteiger partial charge in [0.2, 0.25) is 0 Å². The van der Waals surface area contributed by atoms with Crippen LogP contribution in [0.2, 0.25) is 0 Å². The molecule has 5 nitrogen and oxygen atoms in total. The molecule has 0 aliphatic carbocycles. The summed E-state index contributed by atoms with van der Waals surface area (Å²) in [5.41, 5.74) is 0.814. The number of ether oxygens (including phenoxy) is 1. The summed E-state index contributed by atoms with van der Waals surface area (Å²) in [4.78, 5) is 25.8. The molecule has 1 aromatic heterocycles. The SMILES string of the molecule is CCC(C)OC(=O)C(C)c1c(C)n(C(=O)c2cccc(F)c2)c2ccc(O)c(F)c12.